The van der Waals surface area contributed by atoms with Crippen molar-refractivity contribution in [3.8, 4) is 5.75 Å². The molecule has 0 fully saturated rings. The predicted molar refractivity (Wildman–Crippen MR) is 113 cm³/mol. The highest BCUT2D eigenvalue weighted by atomic mass is 32.2. The minimum Gasteiger partial charge on any atom is -0.490 e. The molecule has 6 nitrogen and oxygen atoms in total. The topological polar surface area (TPSA) is 98.5 Å². The van der Waals surface area contributed by atoms with E-state index in [9.17, 15) is 13.2 Å². The highest BCUT2D eigenvalue weighted by Crippen LogP contribution is 2.33. The van der Waals surface area contributed by atoms with Crippen LogP contribution in [0.4, 0.5) is 0 Å². The Labute approximate surface area is 170 Å². The van der Waals surface area contributed by atoms with Gasteiger partial charge in [0.05, 0.1) is 11.0 Å². The molecule has 0 unspecified atom stereocenters. The van der Waals surface area contributed by atoms with Gasteiger partial charge < -0.3 is 10.5 Å². The van der Waals surface area contributed by atoms with E-state index in [1.54, 1.807) is 54.6 Å². The summed E-state index contributed by atoms with van der Waals surface area (Å²) in [5.74, 6) is -0.202. The molecule has 0 heterocycles. The van der Waals surface area contributed by atoms with Crippen molar-refractivity contribution in [3.63, 3.8) is 0 Å². The molecule has 0 saturated carbocycles. The number of ether oxygens (including phenoxy) is 1. The highest BCUT2D eigenvalue weighted by molar-refractivity contribution is 7.89. The average molecular weight is 413 g/mol. The van der Waals surface area contributed by atoms with Gasteiger partial charge in [0.25, 0.3) is 0 Å². The zero-order valence-electron chi connectivity index (χ0n) is 16.5. The Morgan fingerprint density at radius 2 is 1.55 bits per heavy atom. The third kappa shape index (κ3) is 4.11. The predicted octanol–water partition coefficient (Wildman–Crippen LogP) is 3.31. The van der Waals surface area contributed by atoms with Gasteiger partial charge >= 0.3 is 0 Å². The summed E-state index contributed by atoms with van der Waals surface area (Å²) in [5.41, 5.74) is 4.45. The average Bonchev–Trinajstić information content (AvgIpc) is 2.68. The SMILES string of the molecule is CC(C)Oc1ccc(S(=O)(=O)N[C@@](C)(C(N)=O)c2ccccc2)c2ccccc12. The lowest BCUT2D eigenvalue weighted by Crippen LogP contribution is -2.52. The Bertz CT molecular complexity index is 1140. The Hall–Kier alpha value is -2.90. The molecule has 3 aromatic rings. The standard InChI is InChI=1S/C22H24N2O4S/c1-15(2)28-19-13-14-20(18-12-8-7-11-17(18)19)29(26,27)24-22(3,21(23)25)16-9-5-4-6-10-16/h4-15,24H,1-3H3,(H2,23,25)/t22-/m1/s1. The molecule has 1 amide bonds. The van der Waals surface area contributed by atoms with Crippen molar-refractivity contribution >= 4 is 26.7 Å². The first-order chi connectivity index (χ1) is 13.6. The van der Waals surface area contributed by atoms with Gasteiger partial charge in [0.15, 0.2) is 0 Å². The number of sulfonamides is 1. The van der Waals surface area contributed by atoms with Gasteiger partial charge in [-0.25, -0.2) is 8.42 Å². The van der Waals surface area contributed by atoms with E-state index in [0.717, 1.165) is 0 Å². The molecule has 3 rings (SSSR count). The van der Waals surface area contributed by atoms with Crippen LogP contribution in [0.2, 0.25) is 0 Å². The maximum atomic E-state index is 13.3. The second kappa shape index (κ2) is 7.85. The van der Waals surface area contributed by atoms with Gasteiger partial charge in [-0.1, -0.05) is 54.6 Å². The molecule has 0 aliphatic rings. The molecule has 0 bridgehead atoms. The lowest BCUT2D eigenvalue weighted by Gasteiger charge is -2.28. The van der Waals surface area contributed by atoms with E-state index in [2.05, 4.69) is 4.72 Å². The molecule has 0 saturated heterocycles. The van der Waals surface area contributed by atoms with Crippen molar-refractivity contribution in [2.45, 2.75) is 37.3 Å². The minimum atomic E-state index is -4.09. The van der Waals surface area contributed by atoms with Crippen molar-refractivity contribution in [1.29, 1.82) is 0 Å². The van der Waals surface area contributed by atoms with Gasteiger partial charge in [0.2, 0.25) is 15.9 Å². The lowest BCUT2D eigenvalue weighted by molar-refractivity contribution is -0.123. The van der Waals surface area contributed by atoms with Crippen LogP contribution in [0.25, 0.3) is 10.8 Å². The van der Waals surface area contributed by atoms with Crippen LogP contribution in [0.15, 0.2) is 71.6 Å². The van der Waals surface area contributed by atoms with Gasteiger partial charge in [0, 0.05) is 10.8 Å². The third-order valence-corrected chi connectivity index (χ3v) is 6.29. The first-order valence-electron chi connectivity index (χ1n) is 9.23. The number of carbonyl (C=O) groups is 1. The minimum absolute atomic E-state index is 0.0487. The number of carbonyl (C=O) groups excluding carboxylic acids is 1. The van der Waals surface area contributed by atoms with Gasteiger partial charge in [-0.15, -0.1) is 0 Å². The van der Waals surface area contributed by atoms with Crippen LogP contribution in [0.3, 0.4) is 0 Å². The van der Waals surface area contributed by atoms with Crippen molar-refractivity contribution in [2.75, 3.05) is 0 Å². The van der Waals surface area contributed by atoms with Crippen LogP contribution < -0.4 is 15.2 Å². The summed E-state index contributed by atoms with van der Waals surface area (Å²) in [7, 11) is -4.09. The number of hydrogen-bond acceptors (Lipinski definition) is 4. The summed E-state index contributed by atoms with van der Waals surface area (Å²) >= 11 is 0. The Kier molecular flexibility index (Phi) is 5.64. The van der Waals surface area contributed by atoms with Gasteiger partial charge in [0.1, 0.15) is 11.3 Å². The number of hydrogen-bond donors (Lipinski definition) is 2. The van der Waals surface area contributed by atoms with Crippen molar-refractivity contribution in [2.24, 2.45) is 5.73 Å². The second-order valence-corrected chi connectivity index (χ2v) is 8.89. The van der Waals surface area contributed by atoms with E-state index >= 15 is 0 Å². The van der Waals surface area contributed by atoms with Gasteiger partial charge in [-0.05, 0) is 38.5 Å². The van der Waals surface area contributed by atoms with Crippen LogP contribution in [0.1, 0.15) is 26.3 Å². The molecule has 0 aromatic heterocycles. The Morgan fingerprint density at radius 1 is 0.966 bits per heavy atom. The maximum absolute atomic E-state index is 13.3. The maximum Gasteiger partial charge on any atom is 0.243 e. The van der Waals surface area contributed by atoms with Crippen molar-refractivity contribution in [3.05, 3.63) is 72.3 Å². The zero-order valence-corrected chi connectivity index (χ0v) is 17.4. The van der Waals surface area contributed by atoms with E-state index in [1.165, 1.54) is 13.0 Å². The first kappa shape index (κ1) is 20.8. The molecular formula is C22H24N2O4S. The molecule has 7 heteroatoms. The van der Waals surface area contributed by atoms with E-state index in [-0.39, 0.29) is 11.0 Å². The van der Waals surface area contributed by atoms with Crippen LogP contribution in [-0.4, -0.2) is 20.4 Å². The molecule has 3 N–H and O–H groups in total. The lowest BCUT2D eigenvalue weighted by atomic mass is 9.93. The molecule has 0 aliphatic heterocycles. The summed E-state index contributed by atoms with van der Waals surface area (Å²) in [6, 6.07) is 18.7. The fourth-order valence-corrected chi connectivity index (χ4v) is 4.76. The fourth-order valence-electron chi connectivity index (χ4n) is 3.18. The normalized spacial score (nSPS) is 13.9. The highest BCUT2D eigenvalue weighted by Gasteiger charge is 2.38. The number of nitrogens with two attached hydrogens (primary N) is 1. The first-order valence-corrected chi connectivity index (χ1v) is 10.7. The summed E-state index contributed by atoms with van der Waals surface area (Å²) in [6.07, 6.45) is -0.0600. The number of primary amides is 1. The van der Waals surface area contributed by atoms with Crippen LogP contribution in [0, 0.1) is 0 Å². The molecule has 3 aromatic carbocycles. The largest absolute Gasteiger partial charge is 0.490 e. The summed E-state index contributed by atoms with van der Waals surface area (Å²) in [6.45, 7) is 5.26. The van der Waals surface area contributed by atoms with Crippen molar-refractivity contribution < 1.29 is 17.9 Å². The molecule has 152 valence electrons. The smallest absolute Gasteiger partial charge is 0.243 e. The number of benzene rings is 3. The monoisotopic (exact) mass is 412 g/mol. The van der Waals surface area contributed by atoms with E-state index < -0.39 is 21.5 Å². The van der Waals surface area contributed by atoms with Gasteiger partial charge in [-0.2, -0.15) is 4.72 Å². The summed E-state index contributed by atoms with van der Waals surface area (Å²) in [5, 5.41) is 1.17. The number of fused-ring (bicyclic) bond motifs is 1. The molecule has 0 aliphatic carbocycles. The summed E-state index contributed by atoms with van der Waals surface area (Å²) < 4.78 is 35.0. The third-order valence-electron chi connectivity index (χ3n) is 4.68. The molecular weight excluding hydrogens is 388 g/mol. The summed E-state index contributed by atoms with van der Waals surface area (Å²) in [4.78, 5) is 12.3. The number of amides is 1. The quantitative estimate of drug-likeness (QED) is 0.622. The number of rotatable bonds is 7. The number of nitrogens with one attached hydrogen (secondary N) is 1. The van der Waals surface area contributed by atoms with E-state index in [0.29, 0.717) is 22.1 Å². The Morgan fingerprint density at radius 3 is 2.14 bits per heavy atom. The van der Waals surface area contributed by atoms with Crippen LogP contribution in [0.5, 0.6) is 5.75 Å². The van der Waals surface area contributed by atoms with Crippen molar-refractivity contribution in [1.82, 2.24) is 4.72 Å². The van der Waals surface area contributed by atoms with Crippen LogP contribution >= 0.6 is 0 Å². The van der Waals surface area contributed by atoms with E-state index in [1.807, 2.05) is 19.9 Å². The Balaban J connectivity index is 2.12. The van der Waals surface area contributed by atoms with Gasteiger partial charge in [-0.3, -0.25) is 4.79 Å². The zero-order chi connectivity index (χ0) is 21.2. The van der Waals surface area contributed by atoms with E-state index in [4.69, 9.17) is 10.5 Å². The fraction of sp³-hybridized carbons (Fsp3) is 0.227. The molecule has 0 spiro atoms. The molecule has 29 heavy (non-hydrogen) atoms. The van der Waals surface area contributed by atoms with Crippen LogP contribution in [-0.2, 0) is 20.4 Å². The molecule has 0 radical (unpaired) electrons. The molecule has 1 atom stereocenters. The second-order valence-electron chi connectivity index (χ2n) is 7.23.